The Balaban J connectivity index is 1.65. The highest BCUT2D eigenvalue weighted by atomic mass is 16.3. The van der Waals surface area contributed by atoms with E-state index in [2.05, 4.69) is 54.7 Å². The lowest BCUT2D eigenvalue weighted by atomic mass is 9.82. The molecule has 100 valence electrons. The van der Waals surface area contributed by atoms with Crippen LogP contribution in [0.1, 0.15) is 31.4 Å². The van der Waals surface area contributed by atoms with Gasteiger partial charge in [-0.3, -0.25) is 0 Å². The fourth-order valence-corrected chi connectivity index (χ4v) is 2.81. The van der Waals surface area contributed by atoms with Crippen LogP contribution in [0.25, 0.3) is 10.8 Å². The van der Waals surface area contributed by atoms with Gasteiger partial charge in [-0.1, -0.05) is 36.4 Å². The lowest BCUT2D eigenvalue weighted by Gasteiger charge is -2.32. The lowest BCUT2D eigenvalue weighted by molar-refractivity contribution is 0.0421. The molecule has 2 aromatic carbocycles. The largest absolute Gasteiger partial charge is 0.393 e. The molecule has 0 amide bonds. The summed E-state index contributed by atoms with van der Waals surface area (Å²) in [6.45, 7) is 3.21. The molecule has 0 aromatic heterocycles. The van der Waals surface area contributed by atoms with Gasteiger partial charge >= 0.3 is 0 Å². The van der Waals surface area contributed by atoms with E-state index in [1.807, 2.05) is 0 Å². The molecular formula is C17H21NO. The molecule has 2 N–H and O–H groups in total. The third-order valence-electron chi connectivity index (χ3n) is 4.20. The highest BCUT2D eigenvalue weighted by molar-refractivity contribution is 5.83. The van der Waals surface area contributed by atoms with Gasteiger partial charge in [0, 0.05) is 6.04 Å². The fraction of sp³-hybridized carbons (Fsp3) is 0.412. The van der Waals surface area contributed by atoms with Gasteiger partial charge in [-0.05, 0) is 54.6 Å². The van der Waals surface area contributed by atoms with Crippen molar-refractivity contribution in [3.8, 4) is 0 Å². The van der Waals surface area contributed by atoms with E-state index in [1.54, 1.807) is 0 Å². The van der Waals surface area contributed by atoms with E-state index in [0.29, 0.717) is 12.0 Å². The standard InChI is InChI=1S/C17H21NO/c1-12(18-11-13-8-17(19)9-13)15-7-6-14-4-2-3-5-16(14)10-15/h2-7,10,12-13,17-19H,8-9,11H2,1H3. The number of fused-ring (bicyclic) bond motifs is 1. The van der Waals surface area contributed by atoms with Crippen LogP contribution in [-0.2, 0) is 0 Å². The Bertz CT molecular complexity index is 560. The van der Waals surface area contributed by atoms with E-state index in [0.717, 1.165) is 19.4 Å². The Kier molecular flexibility index (Phi) is 3.54. The van der Waals surface area contributed by atoms with Crippen molar-refractivity contribution < 1.29 is 5.11 Å². The lowest BCUT2D eigenvalue weighted by Crippen LogP contribution is -2.36. The number of benzene rings is 2. The van der Waals surface area contributed by atoms with Crippen LogP contribution >= 0.6 is 0 Å². The molecule has 2 aromatic rings. The molecule has 0 saturated heterocycles. The van der Waals surface area contributed by atoms with Crippen molar-refractivity contribution in [2.75, 3.05) is 6.54 Å². The zero-order valence-corrected chi connectivity index (χ0v) is 11.3. The molecule has 0 heterocycles. The second-order valence-corrected chi connectivity index (χ2v) is 5.73. The zero-order valence-electron chi connectivity index (χ0n) is 11.3. The summed E-state index contributed by atoms with van der Waals surface area (Å²) >= 11 is 0. The Morgan fingerprint density at radius 3 is 2.63 bits per heavy atom. The van der Waals surface area contributed by atoms with Gasteiger partial charge in [0.2, 0.25) is 0 Å². The Hall–Kier alpha value is -1.38. The molecule has 0 spiro atoms. The summed E-state index contributed by atoms with van der Waals surface area (Å²) in [7, 11) is 0. The van der Waals surface area contributed by atoms with Crippen LogP contribution in [0.5, 0.6) is 0 Å². The van der Waals surface area contributed by atoms with Gasteiger partial charge in [-0.25, -0.2) is 0 Å². The molecule has 0 radical (unpaired) electrons. The summed E-state index contributed by atoms with van der Waals surface area (Å²) in [6.07, 6.45) is 1.86. The van der Waals surface area contributed by atoms with E-state index < -0.39 is 0 Å². The molecule has 0 bridgehead atoms. The van der Waals surface area contributed by atoms with Crippen LogP contribution in [0.3, 0.4) is 0 Å². The van der Waals surface area contributed by atoms with Crippen molar-refractivity contribution in [1.29, 1.82) is 0 Å². The minimum absolute atomic E-state index is 0.0530. The summed E-state index contributed by atoms with van der Waals surface area (Å²) in [6, 6.07) is 15.5. The second-order valence-electron chi connectivity index (χ2n) is 5.73. The summed E-state index contributed by atoms with van der Waals surface area (Å²) in [4.78, 5) is 0. The predicted octanol–water partition coefficient (Wildman–Crippen LogP) is 3.26. The molecule has 0 aliphatic heterocycles. The second kappa shape index (κ2) is 5.32. The van der Waals surface area contributed by atoms with Crippen molar-refractivity contribution in [3.05, 3.63) is 48.0 Å². The molecule has 2 nitrogen and oxygen atoms in total. The van der Waals surface area contributed by atoms with Crippen molar-refractivity contribution in [2.45, 2.75) is 31.9 Å². The highest BCUT2D eigenvalue weighted by Gasteiger charge is 2.26. The minimum atomic E-state index is -0.0530. The topological polar surface area (TPSA) is 32.3 Å². The molecule has 1 unspecified atom stereocenters. The average Bonchev–Trinajstić information content (AvgIpc) is 2.41. The van der Waals surface area contributed by atoms with Gasteiger partial charge < -0.3 is 10.4 Å². The summed E-state index contributed by atoms with van der Waals surface area (Å²) in [5.74, 6) is 0.651. The zero-order chi connectivity index (χ0) is 13.2. The van der Waals surface area contributed by atoms with Gasteiger partial charge in [0.15, 0.2) is 0 Å². The van der Waals surface area contributed by atoms with Crippen LogP contribution in [0.15, 0.2) is 42.5 Å². The van der Waals surface area contributed by atoms with Crippen molar-refractivity contribution >= 4 is 10.8 Å². The van der Waals surface area contributed by atoms with Crippen LogP contribution in [0.4, 0.5) is 0 Å². The van der Waals surface area contributed by atoms with Crippen molar-refractivity contribution in [2.24, 2.45) is 5.92 Å². The third-order valence-corrected chi connectivity index (χ3v) is 4.20. The number of aliphatic hydroxyl groups is 1. The molecule has 19 heavy (non-hydrogen) atoms. The molecular weight excluding hydrogens is 234 g/mol. The SMILES string of the molecule is CC(NCC1CC(O)C1)c1ccc2ccccc2c1. The molecule has 1 atom stereocenters. The van der Waals surface area contributed by atoms with Gasteiger partial charge in [0.25, 0.3) is 0 Å². The van der Waals surface area contributed by atoms with E-state index in [1.165, 1.54) is 16.3 Å². The van der Waals surface area contributed by atoms with Gasteiger partial charge in [-0.2, -0.15) is 0 Å². The Morgan fingerprint density at radius 2 is 1.89 bits per heavy atom. The maximum atomic E-state index is 9.29. The predicted molar refractivity (Wildman–Crippen MR) is 79.1 cm³/mol. The maximum Gasteiger partial charge on any atom is 0.0546 e. The number of hydrogen-bond donors (Lipinski definition) is 2. The first-order chi connectivity index (χ1) is 9.22. The average molecular weight is 255 g/mol. The fourth-order valence-electron chi connectivity index (χ4n) is 2.81. The first-order valence-corrected chi connectivity index (χ1v) is 7.12. The van der Waals surface area contributed by atoms with Crippen LogP contribution in [-0.4, -0.2) is 17.8 Å². The Labute approximate surface area is 114 Å². The summed E-state index contributed by atoms with van der Waals surface area (Å²) < 4.78 is 0. The molecule has 3 rings (SSSR count). The number of aliphatic hydroxyl groups excluding tert-OH is 1. The van der Waals surface area contributed by atoms with Crippen molar-refractivity contribution in [3.63, 3.8) is 0 Å². The first kappa shape index (κ1) is 12.6. The first-order valence-electron chi connectivity index (χ1n) is 7.12. The monoisotopic (exact) mass is 255 g/mol. The van der Waals surface area contributed by atoms with E-state index in [-0.39, 0.29) is 6.10 Å². The van der Waals surface area contributed by atoms with E-state index >= 15 is 0 Å². The van der Waals surface area contributed by atoms with Gasteiger partial charge in [-0.15, -0.1) is 0 Å². The quantitative estimate of drug-likeness (QED) is 0.879. The minimum Gasteiger partial charge on any atom is -0.393 e. The van der Waals surface area contributed by atoms with Gasteiger partial charge in [0.05, 0.1) is 6.10 Å². The van der Waals surface area contributed by atoms with Crippen molar-refractivity contribution in [1.82, 2.24) is 5.32 Å². The third kappa shape index (κ3) is 2.80. The molecule has 1 aliphatic carbocycles. The highest BCUT2D eigenvalue weighted by Crippen LogP contribution is 2.27. The summed E-state index contributed by atoms with van der Waals surface area (Å²) in [5, 5.41) is 15.5. The van der Waals surface area contributed by atoms with Crippen LogP contribution in [0, 0.1) is 5.92 Å². The van der Waals surface area contributed by atoms with Gasteiger partial charge in [0.1, 0.15) is 0 Å². The smallest absolute Gasteiger partial charge is 0.0546 e. The molecule has 2 heteroatoms. The Morgan fingerprint density at radius 1 is 1.16 bits per heavy atom. The number of hydrogen-bond acceptors (Lipinski definition) is 2. The van der Waals surface area contributed by atoms with Crippen LogP contribution in [0.2, 0.25) is 0 Å². The van der Waals surface area contributed by atoms with E-state index in [4.69, 9.17) is 0 Å². The summed E-state index contributed by atoms with van der Waals surface area (Å²) in [5.41, 5.74) is 1.33. The number of rotatable bonds is 4. The van der Waals surface area contributed by atoms with E-state index in [9.17, 15) is 5.11 Å². The molecule has 1 fully saturated rings. The van der Waals surface area contributed by atoms with Crippen LogP contribution < -0.4 is 5.32 Å². The maximum absolute atomic E-state index is 9.29. The molecule has 1 aliphatic rings. The number of nitrogens with one attached hydrogen (secondary N) is 1. The molecule has 1 saturated carbocycles. The normalized spacial score (nSPS) is 24.1.